The molecule has 1 aliphatic rings. The Morgan fingerprint density at radius 2 is 1.88 bits per heavy atom. The minimum atomic E-state index is -3.48. The molecule has 3 heterocycles. The van der Waals surface area contributed by atoms with Gasteiger partial charge in [-0.1, -0.05) is 11.3 Å². The molecule has 134 valence electrons. The summed E-state index contributed by atoms with van der Waals surface area (Å²) in [6.07, 6.45) is 2.76. The molecule has 0 saturated carbocycles. The molecule has 0 aromatic carbocycles. The number of rotatable bonds is 4. The Bertz CT molecular complexity index is 904. The average molecular weight is 383 g/mol. The van der Waals surface area contributed by atoms with Crippen molar-refractivity contribution >= 4 is 37.7 Å². The van der Waals surface area contributed by atoms with Gasteiger partial charge in [0, 0.05) is 44.7 Å². The van der Waals surface area contributed by atoms with Gasteiger partial charge in [0.1, 0.15) is 15.9 Å². The number of piperazine rings is 1. The second-order valence-corrected chi connectivity index (χ2v) is 8.99. The standard InChI is InChI=1S/C14H17N5O4S2/c1-10-15-4-3-12(16-10)17-5-7-18(8-6-17)14-11(19(20)21)9-13(24-14)25(2,22)23/h3-4,9H,5-8H2,1-2H3. The third-order valence-electron chi connectivity index (χ3n) is 3.89. The molecular formula is C14H17N5O4S2. The van der Waals surface area contributed by atoms with Crippen LogP contribution in [-0.2, 0) is 9.84 Å². The van der Waals surface area contributed by atoms with E-state index in [1.807, 2.05) is 17.9 Å². The van der Waals surface area contributed by atoms with Crippen molar-refractivity contribution in [3.63, 3.8) is 0 Å². The maximum absolute atomic E-state index is 11.7. The zero-order valence-electron chi connectivity index (χ0n) is 13.7. The summed E-state index contributed by atoms with van der Waals surface area (Å²) in [5.74, 6) is 1.51. The molecule has 2 aromatic heterocycles. The van der Waals surface area contributed by atoms with E-state index in [-0.39, 0.29) is 9.90 Å². The Morgan fingerprint density at radius 3 is 2.44 bits per heavy atom. The maximum Gasteiger partial charge on any atom is 0.305 e. The molecule has 0 bridgehead atoms. The third-order valence-corrected chi connectivity index (χ3v) is 6.87. The number of nitro groups is 1. The molecule has 25 heavy (non-hydrogen) atoms. The van der Waals surface area contributed by atoms with Gasteiger partial charge in [0.25, 0.3) is 0 Å². The van der Waals surface area contributed by atoms with Gasteiger partial charge in [0.2, 0.25) is 0 Å². The summed E-state index contributed by atoms with van der Waals surface area (Å²) in [4.78, 5) is 23.2. The van der Waals surface area contributed by atoms with E-state index < -0.39 is 14.8 Å². The molecule has 0 radical (unpaired) electrons. The van der Waals surface area contributed by atoms with Crippen molar-refractivity contribution in [3.05, 3.63) is 34.3 Å². The average Bonchev–Trinajstić information content (AvgIpc) is 3.01. The van der Waals surface area contributed by atoms with Crippen molar-refractivity contribution in [3.8, 4) is 0 Å². The SMILES string of the molecule is Cc1nccc(N2CCN(c3sc(S(C)(=O)=O)cc3[N+](=O)[O-])CC2)n1. The van der Waals surface area contributed by atoms with Gasteiger partial charge in [-0.15, -0.1) is 0 Å². The van der Waals surface area contributed by atoms with Gasteiger partial charge in [-0.25, -0.2) is 18.4 Å². The van der Waals surface area contributed by atoms with Crippen LogP contribution in [0.4, 0.5) is 16.5 Å². The lowest BCUT2D eigenvalue weighted by atomic mass is 10.3. The minimum Gasteiger partial charge on any atom is -0.354 e. The molecule has 0 unspecified atom stereocenters. The van der Waals surface area contributed by atoms with Crippen molar-refractivity contribution in [2.24, 2.45) is 0 Å². The first-order valence-electron chi connectivity index (χ1n) is 7.53. The Morgan fingerprint density at radius 1 is 1.24 bits per heavy atom. The molecule has 9 nitrogen and oxygen atoms in total. The number of nitrogens with zero attached hydrogens (tertiary/aromatic N) is 5. The lowest BCUT2D eigenvalue weighted by Gasteiger charge is -2.35. The van der Waals surface area contributed by atoms with Gasteiger partial charge in [0.15, 0.2) is 14.8 Å². The van der Waals surface area contributed by atoms with Crippen LogP contribution < -0.4 is 9.80 Å². The smallest absolute Gasteiger partial charge is 0.305 e. The molecule has 2 aromatic rings. The molecular weight excluding hydrogens is 366 g/mol. The van der Waals surface area contributed by atoms with Gasteiger partial charge in [-0.2, -0.15) is 0 Å². The first-order chi connectivity index (χ1) is 11.8. The predicted molar refractivity (Wildman–Crippen MR) is 95.3 cm³/mol. The Balaban J connectivity index is 1.81. The largest absolute Gasteiger partial charge is 0.354 e. The highest BCUT2D eigenvalue weighted by Gasteiger charge is 2.29. The lowest BCUT2D eigenvalue weighted by Crippen LogP contribution is -2.46. The summed E-state index contributed by atoms with van der Waals surface area (Å²) < 4.78 is 23.5. The molecule has 0 amide bonds. The van der Waals surface area contributed by atoms with E-state index in [2.05, 4.69) is 14.9 Å². The van der Waals surface area contributed by atoms with Crippen molar-refractivity contribution in [1.29, 1.82) is 0 Å². The van der Waals surface area contributed by atoms with Gasteiger partial charge >= 0.3 is 5.69 Å². The van der Waals surface area contributed by atoms with Crippen LogP contribution >= 0.6 is 11.3 Å². The quantitative estimate of drug-likeness (QED) is 0.577. The molecule has 1 aliphatic heterocycles. The second-order valence-electron chi connectivity index (χ2n) is 5.72. The highest BCUT2D eigenvalue weighted by Crippen LogP contribution is 2.40. The number of aryl methyl sites for hydroxylation is 1. The molecule has 0 aliphatic carbocycles. The van der Waals surface area contributed by atoms with Crippen molar-refractivity contribution < 1.29 is 13.3 Å². The molecule has 0 N–H and O–H groups in total. The zero-order valence-corrected chi connectivity index (χ0v) is 15.4. The van der Waals surface area contributed by atoms with E-state index in [9.17, 15) is 18.5 Å². The van der Waals surface area contributed by atoms with Crippen LogP contribution in [0.3, 0.4) is 0 Å². The Hall–Kier alpha value is -2.27. The number of anilines is 2. The highest BCUT2D eigenvalue weighted by molar-refractivity contribution is 7.92. The number of thiophene rings is 1. The van der Waals surface area contributed by atoms with Crippen LogP contribution in [0.5, 0.6) is 0 Å². The molecule has 0 atom stereocenters. The number of hydrogen-bond acceptors (Lipinski definition) is 9. The number of sulfone groups is 1. The maximum atomic E-state index is 11.7. The fourth-order valence-electron chi connectivity index (χ4n) is 2.65. The van der Waals surface area contributed by atoms with Crippen LogP contribution in [0.2, 0.25) is 0 Å². The first-order valence-corrected chi connectivity index (χ1v) is 10.2. The van der Waals surface area contributed by atoms with Crippen LogP contribution in [0.25, 0.3) is 0 Å². The van der Waals surface area contributed by atoms with Crippen LogP contribution in [0.15, 0.2) is 22.5 Å². The summed E-state index contributed by atoms with van der Waals surface area (Å²) in [6, 6.07) is 2.98. The fraction of sp³-hybridized carbons (Fsp3) is 0.429. The normalized spacial score (nSPS) is 15.4. The Kier molecular flexibility index (Phi) is 4.60. The van der Waals surface area contributed by atoms with Crippen LogP contribution in [0.1, 0.15) is 5.82 Å². The molecule has 0 spiro atoms. The number of aromatic nitrogens is 2. The summed E-state index contributed by atoms with van der Waals surface area (Å²) in [5.41, 5.74) is -0.156. The van der Waals surface area contributed by atoms with E-state index in [0.717, 1.165) is 29.5 Å². The zero-order chi connectivity index (χ0) is 18.2. The van der Waals surface area contributed by atoms with Crippen LogP contribution in [-0.4, -0.2) is 55.7 Å². The summed E-state index contributed by atoms with van der Waals surface area (Å²) in [7, 11) is -3.48. The highest BCUT2D eigenvalue weighted by atomic mass is 32.2. The van der Waals surface area contributed by atoms with E-state index in [0.29, 0.717) is 37.0 Å². The first kappa shape index (κ1) is 17.5. The molecule has 3 rings (SSSR count). The van der Waals surface area contributed by atoms with Crippen molar-refractivity contribution in [2.75, 3.05) is 42.2 Å². The molecule has 1 saturated heterocycles. The van der Waals surface area contributed by atoms with E-state index in [4.69, 9.17) is 0 Å². The van der Waals surface area contributed by atoms with Gasteiger partial charge in [-0.3, -0.25) is 10.1 Å². The topological polar surface area (TPSA) is 110 Å². The monoisotopic (exact) mass is 383 g/mol. The minimum absolute atomic E-state index is 0.0167. The third kappa shape index (κ3) is 3.71. The van der Waals surface area contributed by atoms with Crippen molar-refractivity contribution in [1.82, 2.24) is 9.97 Å². The van der Waals surface area contributed by atoms with Gasteiger partial charge in [-0.05, 0) is 13.0 Å². The molecule has 1 fully saturated rings. The van der Waals surface area contributed by atoms with E-state index >= 15 is 0 Å². The van der Waals surface area contributed by atoms with Crippen LogP contribution in [0, 0.1) is 17.0 Å². The Labute approximate surface area is 149 Å². The van der Waals surface area contributed by atoms with E-state index in [1.54, 1.807) is 6.20 Å². The molecule has 11 heteroatoms. The van der Waals surface area contributed by atoms with Gasteiger partial charge < -0.3 is 9.80 Å². The van der Waals surface area contributed by atoms with Crippen molar-refractivity contribution in [2.45, 2.75) is 11.1 Å². The summed E-state index contributed by atoms with van der Waals surface area (Å²) in [6.45, 7) is 4.20. The number of hydrogen-bond donors (Lipinski definition) is 0. The fourth-order valence-corrected chi connectivity index (χ4v) is 4.73. The van der Waals surface area contributed by atoms with E-state index in [1.165, 1.54) is 0 Å². The lowest BCUT2D eigenvalue weighted by molar-refractivity contribution is -0.383. The summed E-state index contributed by atoms with van der Waals surface area (Å²) >= 11 is 0.953. The van der Waals surface area contributed by atoms with Gasteiger partial charge in [0.05, 0.1) is 4.92 Å². The predicted octanol–water partition coefficient (Wildman–Crippen LogP) is 1.48. The summed E-state index contributed by atoms with van der Waals surface area (Å²) in [5, 5.41) is 11.7. The second kappa shape index (κ2) is 6.56.